The van der Waals surface area contributed by atoms with Gasteiger partial charge in [0.1, 0.15) is 5.75 Å². The number of carbonyl (C=O) groups is 2. The van der Waals surface area contributed by atoms with E-state index >= 15 is 0 Å². The molecule has 0 heterocycles. The summed E-state index contributed by atoms with van der Waals surface area (Å²) in [6.07, 6.45) is 0. The van der Waals surface area contributed by atoms with Crippen LogP contribution in [0.15, 0.2) is 30.3 Å². The van der Waals surface area contributed by atoms with Crippen LogP contribution in [0.5, 0.6) is 5.75 Å². The van der Waals surface area contributed by atoms with E-state index < -0.39 is 5.97 Å². The molecule has 0 spiro atoms. The molecular formula is C16H17NO4. The Morgan fingerprint density at radius 1 is 1.14 bits per heavy atom. The van der Waals surface area contributed by atoms with Crippen molar-refractivity contribution in [1.29, 1.82) is 0 Å². The fourth-order valence-electron chi connectivity index (χ4n) is 2.07. The van der Waals surface area contributed by atoms with Crippen LogP contribution in [0.25, 0.3) is 10.8 Å². The monoisotopic (exact) mass is 287 g/mol. The minimum Gasteiger partial charge on any atom is -0.507 e. The number of phenols is 1. The molecule has 0 saturated carbocycles. The average molecular weight is 287 g/mol. The van der Waals surface area contributed by atoms with Crippen molar-refractivity contribution in [2.45, 2.75) is 19.9 Å². The number of benzene rings is 2. The Morgan fingerprint density at radius 2 is 1.81 bits per heavy atom. The molecule has 21 heavy (non-hydrogen) atoms. The summed E-state index contributed by atoms with van der Waals surface area (Å²) < 4.78 is 4.64. The number of hydrogen-bond acceptors (Lipinski definition) is 4. The smallest absolute Gasteiger partial charge is 0.338 e. The van der Waals surface area contributed by atoms with Gasteiger partial charge in [-0.1, -0.05) is 0 Å². The molecule has 0 unspecified atom stereocenters. The molecule has 2 N–H and O–H groups in total. The Hall–Kier alpha value is -2.56. The van der Waals surface area contributed by atoms with Crippen LogP contribution >= 0.6 is 0 Å². The van der Waals surface area contributed by atoms with Gasteiger partial charge in [0.05, 0.1) is 12.7 Å². The minimum atomic E-state index is -0.538. The van der Waals surface area contributed by atoms with Crippen LogP contribution < -0.4 is 5.32 Å². The average Bonchev–Trinajstić information content (AvgIpc) is 2.44. The van der Waals surface area contributed by atoms with Gasteiger partial charge in [-0.25, -0.2) is 4.79 Å². The summed E-state index contributed by atoms with van der Waals surface area (Å²) in [4.78, 5) is 23.6. The number of methoxy groups -OCH3 is 1. The number of rotatable bonds is 3. The number of aromatic hydroxyl groups is 1. The molecule has 0 fully saturated rings. The van der Waals surface area contributed by atoms with Gasteiger partial charge < -0.3 is 15.2 Å². The second kappa shape index (κ2) is 5.83. The SMILES string of the molecule is COC(=O)c1cc(O)c2ccc(C(=O)NC(C)C)cc2c1. The third-order valence-electron chi connectivity index (χ3n) is 3.03. The van der Waals surface area contributed by atoms with E-state index in [4.69, 9.17) is 0 Å². The van der Waals surface area contributed by atoms with Gasteiger partial charge in [0.25, 0.3) is 5.91 Å². The number of esters is 1. The summed E-state index contributed by atoms with van der Waals surface area (Å²) in [5, 5.41) is 13.9. The summed E-state index contributed by atoms with van der Waals surface area (Å²) in [6, 6.07) is 7.90. The first-order valence-corrected chi connectivity index (χ1v) is 6.58. The molecule has 110 valence electrons. The minimum absolute atomic E-state index is 0.0243. The summed E-state index contributed by atoms with van der Waals surface area (Å²) in [6.45, 7) is 3.75. The van der Waals surface area contributed by atoms with Gasteiger partial charge in [0, 0.05) is 17.0 Å². The zero-order valence-electron chi connectivity index (χ0n) is 12.1. The number of carbonyl (C=O) groups excluding carboxylic acids is 2. The van der Waals surface area contributed by atoms with Crippen LogP contribution in [-0.4, -0.2) is 30.1 Å². The first kappa shape index (κ1) is 14.8. The van der Waals surface area contributed by atoms with E-state index in [0.29, 0.717) is 16.3 Å². The van der Waals surface area contributed by atoms with Crippen molar-refractivity contribution in [1.82, 2.24) is 5.32 Å². The zero-order chi connectivity index (χ0) is 15.6. The van der Waals surface area contributed by atoms with Crippen molar-refractivity contribution in [3.63, 3.8) is 0 Å². The molecule has 0 aliphatic carbocycles. The molecule has 5 heteroatoms. The maximum absolute atomic E-state index is 12.0. The highest BCUT2D eigenvalue weighted by Crippen LogP contribution is 2.27. The van der Waals surface area contributed by atoms with Crippen molar-refractivity contribution >= 4 is 22.6 Å². The molecule has 0 bridgehead atoms. The van der Waals surface area contributed by atoms with Gasteiger partial charge in [-0.15, -0.1) is 0 Å². The van der Waals surface area contributed by atoms with Gasteiger partial charge in [0.15, 0.2) is 0 Å². The Kier molecular flexibility index (Phi) is 4.12. The third kappa shape index (κ3) is 3.13. The van der Waals surface area contributed by atoms with E-state index in [2.05, 4.69) is 10.1 Å². The predicted molar refractivity (Wildman–Crippen MR) is 79.6 cm³/mol. The lowest BCUT2D eigenvalue weighted by Gasteiger charge is -2.10. The summed E-state index contributed by atoms with van der Waals surface area (Å²) in [5.74, 6) is -0.761. The molecule has 2 aromatic carbocycles. The van der Waals surface area contributed by atoms with Gasteiger partial charge in [-0.3, -0.25) is 4.79 Å². The first-order valence-electron chi connectivity index (χ1n) is 6.58. The molecule has 0 radical (unpaired) electrons. The quantitative estimate of drug-likeness (QED) is 0.850. The molecule has 0 aliphatic rings. The predicted octanol–water partition coefficient (Wildman–Crippen LogP) is 2.47. The van der Waals surface area contributed by atoms with Gasteiger partial charge in [0.2, 0.25) is 0 Å². The van der Waals surface area contributed by atoms with E-state index in [0.717, 1.165) is 0 Å². The normalized spacial score (nSPS) is 10.7. The van der Waals surface area contributed by atoms with Crippen molar-refractivity contribution < 1.29 is 19.4 Å². The largest absolute Gasteiger partial charge is 0.507 e. The van der Waals surface area contributed by atoms with Crippen molar-refractivity contribution in [3.05, 3.63) is 41.5 Å². The van der Waals surface area contributed by atoms with Gasteiger partial charge >= 0.3 is 5.97 Å². The number of ether oxygens (including phenoxy) is 1. The second-order valence-corrected chi connectivity index (χ2v) is 5.05. The number of amides is 1. The van der Waals surface area contributed by atoms with Gasteiger partial charge in [-0.2, -0.15) is 0 Å². The zero-order valence-corrected chi connectivity index (χ0v) is 12.1. The second-order valence-electron chi connectivity index (χ2n) is 5.05. The summed E-state index contributed by atoms with van der Waals surface area (Å²) >= 11 is 0. The van der Waals surface area contributed by atoms with Crippen LogP contribution in [0.2, 0.25) is 0 Å². The number of nitrogens with one attached hydrogen (secondary N) is 1. The highest BCUT2D eigenvalue weighted by Gasteiger charge is 2.13. The Balaban J connectivity index is 2.50. The van der Waals surface area contributed by atoms with E-state index in [9.17, 15) is 14.7 Å². The molecule has 0 atom stereocenters. The number of fused-ring (bicyclic) bond motifs is 1. The highest BCUT2D eigenvalue weighted by atomic mass is 16.5. The number of hydrogen-bond donors (Lipinski definition) is 2. The molecule has 0 aromatic heterocycles. The van der Waals surface area contributed by atoms with Crippen LogP contribution in [0, 0.1) is 0 Å². The van der Waals surface area contributed by atoms with Crippen molar-refractivity contribution in [2.75, 3.05) is 7.11 Å². The topological polar surface area (TPSA) is 75.6 Å². The van der Waals surface area contributed by atoms with E-state index in [1.165, 1.54) is 13.2 Å². The summed E-state index contributed by atoms with van der Waals surface area (Å²) in [7, 11) is 1.27. The fourth-order valence-corrected chi connectivity index (χ4v) is 2.07. The van der Waals surface area contributed by atoms with Crippen molar-refractivity contribution in [2.24, 2.45) is 0 Å². The maximum Gasteiger partial charge on any atom is 0.338 e. The standard InChI is InChI=1S/C16H17NO4/c1-9(2)17-15(19)10-4-5-13-11(6-10)7-12(8-14(13)18)16(20)21-3/h4-9,18H,1-3H3,(H,17,19). The van der Waals surface area contributed by atoms with Crippen LogP contribution in [0.1, 0.15) is 34.6 Å². The molecular weight excluding hydrogens is 270 g/mol. The van der Waals surface area contributed by atoms with Crippen LogP contribution in [0.3, 0.4) is 0 Å². The lowest BCUT2D eigenvalue weighted by atomic mass is 10.0. The highest BCUT2D eigenvalue weighted by molar-refractivity contribution is 6.02. The van der Waals surface area contributed by atoms with E-state index in [1.54, 1.807) is 24.3 Å². The Labute approximate surface area is 122 Å². The van der Waals surface area contributed by atoms with Gasteiger partial charge in [-0.05, 0) is 49.6 Å². The van der Waals surface area contributed by atoms with E-state index in [1.807, 2.05) is 13.8 Å². The summed E-state index contributed by atoms with van der Waals surface area (Å²) in [5.41, 5.74) is 0.710. The van der Waals surface area contributed by atoms with Crippen molar-refractivity contribution in [3.8, 4) is 5.75 Å². The molecule has 0 saturated heterocycles. The molecule has 0 aliphatic heterocycles. The lowest BCUT2D eigenvalue weighted by Crippen LogP contribution is -2.29. The van der Waals surface area contributed by atoms with Crippen LogP contribution in [-0.2, 0) is 4.74 Å². The number of phenolic OH excluding ortho intramolecular Hbond substituents is 1. The van der Waals surface area contributed by atoms with E-state index in [-0.39, 0.29) is 23.3 Å². The molecule has 2 aromatic rings. The lowest BCUT2D eigenvalue weighted by molar-refractivity contribution is 0.0600. The maximum atomic E-state index is 12.0. The molecule has 2 rings (SSSR count). The van der Waals surface area contributed by atoms with Crippen LogP contribution in [0.4, 0.5) is 0 Å². The third-order valence-corrected chi connectivity index (χ3v) is 3.03. The Bertz CT molecular complexity index is 707. The Morgan fingerprint density at radius 3 is 2.43 bits per heavy atom. The molecule has 5 nitrogen and oxygen atoms in total. The molecule has 1 amide bonds. The fraction of sp³-hybridized carbons (Fsp3) is 0.250. The first-order chi connectivity index (χ1) is 9.92.